The zero-order chi connectivity index (χ0) is 40.1. The molecule has 0 unspecified atom stereocenters. The Kier molecular flexibility index (Phi) is 11.3. The highest BCUT2D eigenvalue weighted by Gasteiger charge is 2.49. The molecular weight excluding hydrogens is 739 g/mol. The zero-order valence-electron chi connectivity index (χ0n) is 33.7. The number of pyridine rings is 1. The van der Waals surface area contributed by atoms with Crippen LogP contribution in [0.25, 0.3) is 32.9 Å². The van der Waals surface area contributed by atoms with Gasteiger partial charge in [0.1, 0.15) is 55.6 Å². The molecule has 2 aromatic heterocycles. The number of benzene rings is 2. The first-order valence-corrected chi connectivity index (χ1v) is 22.1. The molecule has 0 bridgehead atoms. The Morgan fingerprint density at radius 3 is 2.43 bits per heavy atom. The molecule has 0 aliphatic carbocycles. The van der Waals surface area contributed by atoms with Gasteiger partial charge in [-0.25, -0.2) is 27.5 Å². The molecule has 0 radical (unpaired) electrons. The minimum atomic E-state index is -2.33. The average molecular weight is 792 g/mol. The van der Waals surface area contributed by atoms with Gasteiger partial charge < -0.3 is 19.1 Å². The summed E-state index contributed by atoms with van der Waals surface area (Å²) in [5, 5.41) is 1.24. The van der Waals surface area contributed by atoms with E-state index in [-0.39, 0.29) is 53.6 Å². The fraction of sp³-hybridized carbons (Fsp3) is 0.558. The third kappa shape index (κ3) is 7.00. The standard InChI is InChI=1S/C43H53F4N5O3Si/c1-25(2)56(26(3)4,27(5)6)17-13-32-36(46)11-10-29-18-31(55-24-53-8)19-33(37(29)32)39-38(47)40-34(41(49-39)52-16-12-35(45)28(52)7)21-48-42(50-40)54-23-43-14-9-15-51(43)22-30(44)20-43/h10-11,18-19,21,25-28,30,35H,9,12,14-16,20,22-24H2,1-8H3/t28-,30+,35-,43-/m0/s1. The van der Waals surface area contributed by atoms with Gasteiger partial charge in [0, 0.05) is 43.8 Å². The first-order chi connectivity index (χ1) is 26.7. The van der Waals surface area contributed by atoms with E-state index >= 15 is 13.2 Å². The summed E-state index contributed by atoms with van der Waals surface area (Å²) in [6, 6.07) is 5.75. The minimum absolute atomic E-state index is 0.0575. The maximum absolute atomic E-state index is 17.5. The van der Waals surface area contributed by atoms with Gasteiger partial charge in [-0.2, -0.15) is 4.98 Å². The number of aromatic nitrogens is 3. The van der Waals surface area contributed by atoms with E-state index in [0.29, 0.717) is 58.5 Å². The Balaban J connectivity index is 1.46. The largest absolute Gasteiger partial charge is 0.468 e. The van der Waals surface area contributed by atoms with Crippen LogP contribution in [0, 0.1) is 23.1 Å². The number of fused-ring (bicyclic) bond motifs is 3. The molecule has 4 aromatic rings. The molecule has 0 spiro atoms. The van der Waals surface area contributed by atoms with Gasteiger partial charge in [-0.3, -0.25) is 4.90 Å². The van der Waals surface area contributed by atoms with Crippen molar-refractivity contribution < 1.29 is 31.8 Å². The van der Waals surface area contributed by atoms with Crippen LogP contribution in [0.5, 0.6) is 11.8 Å². The van der Waals surface area contributed by atoms with Crippen LogP contribution in [0.1, 0.15) is 79.7 Å². The Morgan fingerprint density at radius 2 is 1.75 bits per heavy atom. The lowest BCUT2D eigenvalue weighted by Gasteiger charge is -2.38. The van der Waals surface area contributed by atoms with Crippen LogP contribution in [0.15, 0.2) is 30.5 Å². The lowest BCUT2D eigenvalue weighted by molar-refractivity contribution is 0.0512. The van der Waals surface area contributed by atoms with Crippen LogP contribution in [0.2, 0.25) is 16.6 Å². The van der Waals surface area contributed by atoms with E-state index in [4.69, 9.17) is 19.2 Å². The fourth-order valence-electron chi connectivity index (χ4n) is 9.88. The quantitative estimate of drug-likeness (QED) is 0.0644. The summed E-state index contributed by atoms with van der Waals surface area (Å²) in [5.74, 6) is 2.65. The molecule has 0 saturated carbocycles. The van der Waals surface area contributed by atoms with Crippen molar-refractivity contribution in [1.82, 2.24) is 19.9 Å². The molecule has 13 heteroatoms. The Morgan fingerprint density at radius 1 is 1.00 bits per heavy atom. The van der Waals surface area contributed by atoms with Gasteiger partial charge in [0.05, 0.1) is 22.5 Å². The SMILES string of the molecule is COCOc1cc(-c2nc(N3CC[C@H](F)[C@@H]3C)c3cnc(OC[C@@]45CCCN4C[C@H](F)C5)nc3c2F)c2c(C#C[Si](C(C)C)(C(C)C)C(C)C)c(F)ccc2c1. The number of alkyl halides is 2. The molecule has 3 aliphatic rings. The molecule has 4 atom stereocenters. The number of hydrogen-bond acceptors (Lipinski definition) is 8. The normalized spacial score (nSPS) is 22.8. The Hall–Kier alpha value is -3.99. The summed E-state index contributed by atoms with van der Waals surface area (Å²) in [6.45, 7) is 16.5. The lowest BCUT2D eigenvalue weighted by atomic mass is 9.95. The number of anilines is 1. The molecule has 8 nitrogen and oxygen atoms in total. The summed E-state index contributed by atoms with van der Waals surface area (Å²) in [5.41, 5.74) is 4.27. The van der Waals surface area contributed by atoms with E-state index in [0.717, 1.165) is 19.4 Å². The van der Waals surface area contributed by atoms with Crippen molar-refractivity contribution in [2.75, 3.05) is 45.0 Å². The number of ether oxygens (including phenoxy) is 3. The summed E-state index contributed by atoms with van der Waals surface area (Å²) in [7, 11) is -0.829. The second-order valence-corrected chi connectivity index (χ2v) is 22.4. The summed E-state index contributed by atoms with van der Waals surface area (Å²) < 4.78 is 80.7. The summed E-state index contributed by atoms with van der Waals surface area (Å²) >= 11 is 0. The zero-order valence-corrected chi connectivity index (χ0v) is 34.7. The van der Waals surface area contributed by atoms with Crippen molar-refractivity contribution in [2.45, 2.75) is 115 Å². The van der Waals surface area contributed by atoms with Crippen LogP contribution in [0.4, 0.5) is 23.4 Å². The third-order valence-electron chi connectivity index (χ3n) is 12.7. The molecule has 2 aromatic carbocycles. The van der Waals surface area contributed by atoms with Crippen molar-refractivity contribution >= 4 is 35.6 Å². The second kappa shape index (κ2) is 15.7. The molecule has 0 amide bonds. The average Bonchev–Trinajstić information content (AvgIpc) is 3.81. The summed E-state index contributed by atoms with van der Waals surface area (Å²) in [4.78, 5) is 17.9. The second-order valence-electron chi connectivity index (χ2n) is 16.8. The van der Waals surface area contributed by atoms with Crippen molar-refractivity contribution in [3.05, 3.63) is 47.7 Å². The van der Waals surface area contributed by atoms with Gasteiger partial charge in [0.15, 0.2) is 12.6 Å². The van der Waals surface area contributed by atoms with Gasteiger partial charge in [-0.15, -0.1) is 5.54 Å². The number of hydrogen-bond donors (Lipinski definition) is 0. The first-order valence-electron chi connectivity index (χ1n) is 19.9. The van der Waals surface area contributed by atoms with Crippen LogP contribution in [-0.4, -0.2) is 92.0 Å². The highest BCUT2D eigenvalue weighted by atomic mass is 28.3. The molecule has 300 valence electrons. The highest BCUT2D eigenvalue weighted by Crippen LogP contribution is 2.44. The fourth-order valence-corrected chi connectivity index (χ4v) is 15.1. The predicted octanol–water partition coefficient (Wildman–Crippen LogP) is 9.57. The molecular formula is C43H53F4N5O3Si. The van der Waals surface area contributed by atoms with E-state index in [9.17, 15) is 4.39 Å². The maximum Gasteiger partial charge on any atom is 0.317 e. The molecule has 5 heterocycles. The van der Waals surface area contributed by atoms with Gasteiger partial charge in [-0.1, -0.05) is 53.5 Å². The van der Waals surface area contributed by atoms with E-state index in [1.54, 1.807) is 30.0 Å². The molecule has 3 aliphatic heterocycles. The highest BCUT2D eigenvalue weighted by molar-refractivity contribution is 6.90. The Bertz CT molecular complexity index is 2160. The number of methoxy groups -OCH3 is 1. The van der Waals surface area contributed by atoms with Crippen LogP contribution >= 0.6 is 0 Å². The monoisotopic (exact) mass is 791 g/mol. The molecule has 0 N–H and O–H groups in total. The smallest absolute Gasteiger partial charge is 0.317 e. The van der Waals surface area contributed by atoms with Crippen molar-refractivity contribution in [3.63, 3.8) is 0 Å². The van der Waals surface area contributed by atoms with E-state index in [1.807, 2.05) is 0 Å². The first kappa shape index (κ1) is 40.2. The van der Waals surface area contributed by atoms with Crippen LogP contribution in [-0.2, 0) is 4.74 Å². The predicted molar refractivity (Wildman–Crippen MR) is 215 cm³/mol. The number of nitrogens with zero attached hydrogens (tertiary/aromatic N) is 5. The topological polar surface area (TPSA) is 72.8 Å². The molecule has 3 fully saturated rings. The third-order valence-corrected chi connectivity index (χ3v) is 19.0. The number of rotatable bonds is 11. The van der Waals surface area contributed by atoms with Gasteiger partial charge >= 0.3 is 6.01 Å². The summed E-state index contributed by atoms with van der Waals surface area (Å²) in [6.07, 6.45) is 1.75. The van der Waals surface area contributed by atoms with Gasteiger partial charge in [-0.05, 0) is 72.9 Å². The Labute approximate surface area is 328 Å². The van der Waals surface area contributed by atoms with Crippen molar-refractivity contribution in [2.24, 2.45) is 0 Å². The van der Waals surface area contributed by atoms with Gasteiger partial charge in [0.25, 0.3) is 0 Å². The van der Waals surface area contributed by atoms with Gasteiger partial charge in [0.2, 0.25) is 0 Å². The van der Waals surface area contributed by atoms with E-state index in [2.05, 4.69) is 67.9 Å². The van der Waals surface area contributed by atoms with Crippen LogP contribution < -0.4 is 14.4 Å². The number of halogens is 4. The van der Waals surface area contributed by atoms with Crippen LogP contribution in [0.3, 0.4) is 0 Å². The lowest BCUT2D eigenvalue weighted by Crippen LogP contribution is -2.43. The molecule has 3 saturated heterocycles. The molecule has 56 heavy (non-hydrogen) atoms. The maximum atomic E-state index is 17.5. The van der Waals surface area contributed by atoms with Crippen molar-refractivity contribution in [1.29, 1.82) is 0 Å². The van der Waals surface area contributed by atoms with Crippen molar-refractivity contribution in [3.8, 4) is 34.5 Å². The van der Waals surface area contributed by atoms with E-state index < -0.39 is 43.6 Å². The van der Waals surface area contributed by atoms with E-state index in [1.165, 1.54) is 19.4 Å². The minimum Gasteiger partial charge on any atom is -0.468 e. The molecule has 7 rings (SSSR count).